The Hall–Kier alpha value is -3.09. The molecule has 1 aromatic heterocycles. The quantitative estimate of drug-likeness (QED) is 0.257. The van der Waals surface area contributed by atoms with Gasteiger partial charge in [0.05, 0.1) is 17.4 Å². The number of rotatable bonds is 9. The van der Waals surface area contributed by atoms with Gasteiger partial charge in [0.15, 0.2) is 5.78 Å². The summed E-state index contributed by atoms with van der Waals surface area (Å²) < 4.78 is 2.68. The van der Waals surface area contributed by atoms with E-state index in [-0.39, 0.29) is 23.2 Å². The number of hydrogen-bond donors (Lipinski definition) is 0. The predicted molar refractivity (Wildman–Crippen MR) is 145 cm³/mol. The van der Waals surface area contributed by atoms with Gasteiger partial charge in [-0.3, -0.25) is 14.2 Å². The van der Waals surface area contributed by atoms with E-state index in [2.05, 4.69) is 20.8 Å². The van der Waals surface area contributed by atoms with Crippen LogP contribution in [0.25, 0.3) is 10.9 Å². The molecule has 35 heavy (non-hydrogen) atoms. The van der Waals surface area contributed by atoms with Crippen molar-refractivity contribution in [3.05, 3.63) is 111 Å². The molecule has 180 valence electrons. The van der Waals surface area contributed by atoms with Gasteiger partial charge in [-0.2, -0.15) is 0 Å². The summed E-state index contributed by atoms with van der Waals surface area (Å²) in [6.45, 7) is 3.19. The minimum Gasteiger partial charge on any atom is -0.309 e. The highest BCUT2D eigenvalue weighted by Crippen LogP contribution is 2.30. The van der Waals surface area contributed by atoms with Crippen LogP contribution in [-0.2, 0) is 6.54 Å². The normalized spacial score (nSPS) is 13.2. The average molecular weight is 532 g/mol. The molecule has 1 heterocycles. The van der Waals surface area contributed by atoms with Crippen molar-refractivity contribution in [2.45, 2.75) is 25.8 Å². The molecule has 4 rings (SSSR count). The van der Waals surface area contributed by atoms with E-state index in [1.54, 1.807) is 4.57 Å². The van der Waals surface area contributed by atoms with Crippen LogP contribution < -0.4 is 5.56 Å². The summed E-state index contributed by atoms with van der Waals surface area (Å²) in [6, 6.07) is 24.8. The van der Waals surface area contributed by atoms with E-state index in [1.165, 1.54) is 0 Å². The SMILES string of the molecule is CC(c1nc2ccccc2c(=O)n1Cc1ccccc1)C(CCN(C)C)C(=O)c1ccc(Br)cc1. The molecule has 0 saturated carbocycles. The summed E-state index contributed by atoms with van der Waals surface area (Å²) in [5.41, 5.74) is 2.26. The molecule has 0 aliphatic heterocycles. The summed E-state index contributed by atoms with van der Waals surface area (Å²) in [6.07, 6.45) is 0.664. The molecule has 0 radical (unpaired) electrons. The Kier molecular flexibility index (Phi) is 7.93. The van der Waals surface area contributed by atoms with Gasteiger partial charge in [0.2, 0.25) is 0 Å². The highest BCUT2D eigenvalue weighted by atomic mass is 79.9. The number of nitrogens with zero attached hydrogens (tertiary/aromatic N) is 3. The third kappa shape index (κ3) is 5.77. The summed E-state index contributed by atoms with van der Waals surface area (Å²) >= 11 is 3.45. The first-order valence-electron chi connectivity index (χ1n) is 11.8. The van der Waals surface area contributed by atoms with Crippen molar-refractivity contribution in [2.75, 3.05) is 20.6 Å². The molecule has 5 nitrogen and oxygen atoms in total. The fourth-order valence-corrected chi connectivity index (χ4v) is 4.73. The maximum Gasteiger partial charge on any atom is 0.261 e. The molecule has 0 aliphatic rings. The zero-order valence-electron chi connectivity index (χ0n) is 20.3. The molecular formula is C29H30BrN3O2. The van der Waals surface area contributed by atoms with Crippen molar-refractivity contribution in [1.29, 1.82) is 0 Å². The molecule has 2 unspecified atom stereocenters. The van der Waals surface area contributed by atoms with Crippen LogP contribution in [-0.4, -0.2) is 40.9 Å². The molecule has 0 aliphatic carbocycles. The molecule has 0 spiro atoms. The number of halogens is 1. The number of carbonyl (C=O) groups excluding carboxylic acids is 1. The Morgan fingerprint density at radius 1 is 0.971 bits per heavy atom. The molecule has 0 bridgehead atoms. The Bertz CT molecular complexity index is 1360. The number of carbonyl (C=O) groups is 1. The highest BCUT2D eigenvalue weighted by molar-refractivity contribution is 9.10. The number of benzene rings is 3. The molecule has 0 saturated heterocycles. The van der Waals surface area contributed by atoms with Crippen molar-refractivity contribution in [2.24, 2.45) is 5.92 Å². The highest BCUT2D eigenvalue weighted by Gasteiger charge is 2.30. The van der Waals surface area contributed by atoms with E-state index in [4.69, 9.17) is 4.98 Å². The lowest BCUT2D eigenvalue weighted by Crippen LogP contribution is -2.32. The van der Waals surface area contributed by atoms with Crippen molar-refractivity contribution >= 4 is 32.6 Å². The van der Waals surface area contributed by atoms with E-state index in [0.717, 1.165) is 16.6 Å². The Balaban J connectivity index is 1.83. The largest absolute Gasteiger partial charge is 0.309 e. The molecule has 0 N–H and O–H groups in total. The average Bonchev–Trinajstić information content (AvgIpc) is 2.86. The fraction of sp³-hybridized carbons (Fsp3) is 0.276. The monoisotopic (exact) mass is 531 g/mol. The third-order valence-electron chi connectivity index (χ3n) is 6.44. The van der Waals surface area contributed by atoms with Crippen LogP contribution in [0.2, 0.25) is 0 Å². The number of para-hydroxylation sites is 1. The molecule has 6 heteroatoms. The van der Waals surface area contributed by atoms with Gasteiger partial charge in [0.1, 0.15) is 5.82 Å². The number of Topliss-reactive ketones (excluding diaryl/α,β-unsaturated/α-hetero) is 1. The Labute approximate surface area is 214 Å². The summed E-state index contributed by atoms with van der Waals surface area (Å²) in [7, 11) is 4.01. The van der Waals surface area contributed by atoms with Gasteiger partial charge in [-0.15, -0.1) is 0 Å². The van der Waals surface area contributed by atoms with Crippen molar-refractivity contribution < 1.29 is 4.79 Å². The summed E-state index contributed by atoms with van der Waals surface area (Å²) in [5, 5.41) is 0.587. The minimum absolute atomic E-state index is 0.0699. The Morgan fingerprint density at radius 2 is 1.63 bits per heavy atom. The summed E-state index contributed by atoms with van der Waals surface area (Å²) in [4.78, 5) is 34.4. The maximum atomic E-state index is 13.8. The topological polar surface area (TPSA) is 55.2 Å². The van der Waals surface area contributed by atoms with E-state index < -0.39 is 0 Å². The molecular weight excluding hydrogens is 502 g/mol. The van der Waals surface area contributed by atoms with Crippen LogP contribution in [0.4, 0.5) is 0 Å². The minimum atomic E-state index is -0.325. The predicted octanol–water partition coefficient (Wildman–Crippen LogP) is 5.76. The van der Waals surface area contributed by atoms with Gasteiger partial charge in [-0.05, 0) is 56.9 Å². The smallest absolute Gasteiger partial charge is 0.261 e. The van der Waals surface area contributed by atoms with E-state index in [1.807, 2.05) is 99.9 Å². The lowest BCUT2D eigenvalue weighted by Gasteiger charge is -2.26. The van der Waals surface area contributed by atoms with E-state index in [0.29, 0.717) is 35.3 Å². The van der Waals surface area contributed by atoms with Crippen LogP contribution >= 0.6 is 15.9 Å². The van der Waals surface area contributed by atoms with Gasteiger partial charge in [0.25, 0.3) is 5.56 Å². The van der Waals surface area contributed by atoms with Crippen LogP contribution in [0.3, 0.4) is 0 Å². The lowest BCUT2D eigenvalue weighted by atomic mass is 9.83. The first kappa shape index (κ1) is 25.0. The van der Waals surface area contributed by atoms with Crippen LogP contribution in [0, 0.1) is 5.92 Å². The first-order chi connectivity index (χ1) is 16.8. The molecule has 4 aromatic rings. The van der Waals surface area contributed by atoms with Crippen LogP contribution in [0.1, 0.15) is 41.0 Å². The lowest BCUT2D eigenvalue weighted by molar-refractivity contribution is 0.0885. The van der Waals surface area contributed by atoms with E-state index >= 15 is 0 Å². The fourth-order valence-electron chi connectivity index (χ4n) is 4.47. The van der Waals surface area contributed by atoms with Crippen molar-refractivity contribution in [3.63, 3.8) is 0 Å². The van der Waals surface area contributed by atoms with Gasteiger partial charge >= 0.3 is 0 Å². The number of hydrogen-bond acceptors (Lipinski definition) is 4. The number of fused-ring (bicyclic) bond motifs is 1. The molecule has 3 aromatic carbocycles. The van der Waals surface area contributed by atoms with Crippen LogP contribution in [0.15, 0.2) is 88.1 Å². The molecule has 2 atom stereocenters. The van der Waals surface area contributed by atoms with Crippen LogP contribution in [0.5, 0.6) is 0 Å². The molecule has 0 amide bonds. The van der Waals surface area contributed by atoms with Gasteiger partial charge < -0.3 is 4.90 Å². The second-order valence-electron chi connectivity index (χ2n) is 9.22. The maximum absolute atomic E-state index is 13.8. The van der Waals surface area contributed by atoms with Gasteiger partial charge in [-0.25, -0.2) is 4.98 Å². The zero-order valence-corrected chi connectivity index (χ0v) is 21.9. The Morgan fingerprint density at radius 3 is 2.31 bits per heavy atom. The number of aromatic nitrogens is 2. The van der Waals surface area contributed by atoms with Gasteiger partial charge in [0, 0.05) is 21.9 Å². The zero-order chi connectivity index (χ0) is 24.9. The number of ketones is 1. The van der Waals surface area contributed by atoms with E-state index in [9.17, 15) is 9.59 Å². The second kappa shape index (κ2) is 11.1. The first-order valence-corrected chi connectivity index (χ1v) is 12.6. The second-order valence-corrected chi connectivity index (χ2v) is 10.1. The third-order valence-corrected chi connectivity index (χ3v) is 6.97. The van der Waals surface area contributed by atoms with Gasteiger partial charge in [-0.1, -0.05) is 77.5 Å². The standard InChI is InChI=1S/C29H30BrN3O2/c1-20(24(17-18-32(2)3)27(34)22-13-15-23(30)16-14-22)28-31-26-12-8-7-11-25(26)29(35)33(28)19-21-9-5-4-6-10-21/h4-16,20,24H,17-19H2,1-3H3. The summed E-state index contributed by atoms with van der Waals surface area (Å²) in [5.74, 6) is 0.132. The molecule has 0 fully saturated rings. The van der Waals surface area contributed by atoms with Crippen molar-refractivity contribution in [3.8, 4) is 0 Å². The van der Waals surface area contributed by atoms with Crippen molar-refractivity contribution in [1.82, 2.24) is 14.5 Å².